The van der Waals surface area contributed by atoms with Crippen LogP contribution in [0.2, 0.25) is 5.02 Å². The number of nitrogens with one attached hydrogen (secondary N) is 1. The number of morpholine rings is 1. The Morgan fingerprint density at radius 1 is 1.39 bits per heavy atom. The van der Waals surface area contributed by atoms with Crippen molar-refractivity contribution in [3.05, 3.63) is 34.9 Å². The fraction of sp³-hybridized carbons (Fsp3) is 0.438. The number of hydrogen-bond acceptors (Lipinski definition) is 3. The first-order chi connectivity index (χ1) is 11.1. The van der Waals surface area contributed by atoms with E-state index in [0.717, 1.165) is 5.56 Å². The zero-order valence-corrected chi connectivity index (χ0v) is 13.5. The topological polar surface area (TPSA) is 71.0 Å². The van der Waals surface area contributed by atoms with Gasteiger partial charge in [-0.05, 0) is 24.6 Å². The summed E-state index contributed by atoms with van der Waals surface area (Å²) in [4.78, 5) is 30.5. The highest BCUT2D eigenvalue weighted by atomic mass is 35.5. The minimum absolute atomic E-state index is 0.0421. The third-order valence-electron chi connectivity index (χ3n) is 4.14. The summed E-state index contributed by atoms with van der Waals surface area (Å²) in [5.74, 6) is -0.566. The maximum Gasteiger partial charge on any atom is 0.341 e. The van der Waals surface area contributed by atoms with E-state index in [4.69, 9.17) is 16.3 Å². The quantitative estimate of drug-likeness (QED) is 0.899. The Kier molecular flexibility index (Phi) is 4.63. The van der Waals surface area contributed by atoms with E-state index in [-0.39, 0.29) is 5.91 Å². The number of hydrogen-bond donors (Lipinski definition) is 1. The lowest BCUT2D eigenvalue weighted by Gasteiger charge is -2.35. The number of aliphatic imine (C=N–C) groups is 1. The van der Waals surface area contributed by atoms with E-state index in [1.165, 1.54) is 0 Å². The van der Waals surface area contributed by atoms with Gasteiger partial charge in [-0.25, -0.2) is 9.79 Å². The average Bonchev–Trinajstić information content (AvgIpc) is 2.54. The Morgan fingerprint density at radius 2 is 2.13 bits per heavy atom. The van der Waals surface area contributed by atoms with Crippen LogP contribution in [0.4, 0.5) is 4.79 Å². The van der Waals surface area contributed by atoms with E-state index in [1.807, 2.05) is 6.07 Å². The molecule has 2 aliphatic rings. The van der Waals surface area contributed by atoms with Crippen molar-refractivity contribution in [1.29, 1.82) is 0 Å². The second-order valence-corrected chi connectivity index (χ2v) is 6.09. The number of rotatable bonds is 2. The molecular weight excluding hydrogens is 318 g/mol. The van der Waals surface area contributed by atoms with Gasteiger partial charge in [0.05, 0.1) is 19.3 Å². The summed E-state index contributed by atoms with van der Waals surface area (Å²) in [5, 5.41) is 3.36. The smallest absolute Gasteiger partial charge is 0.341 e. The molecule has 2 atom stereocenters. The van der Waals surface area contributed by atoms with Crippen LogP contribution >= 0.6 is 11.6 Å². The molecule has 1 N–H and O–H groups in total. The molecule has 2 aliphatic heterocycles. The van der Waals surface area contributed by atoms with Gasteiger partial charge in [0.15, 0.2) is 0 Å². The highest BCUT2D eigenvalue weighted by Gasteiger charge is 2.39. The predicted octanol–water partition coefficient (Wildman–Crippen LogP) is 2.04. The molecule has 0 spiro atoms. The van der Waals surface area contributed by atoms with Crippen LogP contribution in [0.1, 0.15) is 18.5 Å². The van der Waals surface area contributed by atoms with Gasteiger partial charge in [-0.2, -0.15) is 0 Å². The summed E-state index contributed by atoms with van der Waals surface area (Å²) >= 11 is 6.06. The van der Waals surface area contributed by atoms with Crippen molar-refractivity contribution in [2.75, 3.05) is 26.3 Å². The van der Waals surface area contributed by atoms with E-state index >= 15 is 0 Å². The molecule has 0 saturated carbocycles. The summed E-state index contributed by atoms with van der Waals surface area (Å²) in [6, 6.07) is 6.30. The number of halogens is 1. The van der Waals surface area contributed by atoms with Crippen LogP contribution in [0.5, 0.6) is 0 Å². The molecule has 0 aromatic heterocycles. The first-order valence-corrected chi connectivity index (χ1v) is 7.92. The number of ether oxygens (including phenoxy) is 1. The van der Waals surface area contributed by atoms with E-state index < -0.39 is 18.0 Å². The Morgan fingerprint density at radius 3 is 2.83 bits per heavy atom. The Bertz CT molecular complexity index is 656. The SMILES string of the molecule is CC1=NC(=O)NC(c2cccc(Cl)c2)C1C(=O)N1CCOCC1. The molecule has 122 valence electrons. The van der Waals surface area contributed by atoms with Crippen LogP contribution in [-0.4, -0.2) is 48.9 Å². The molecule has 0 bridgehead atoms. The summed E-state index contributed by atoms with van der Waals surface area (Å²) < 4.78 is 5.30. The number of benzene rings is 1. The molecule has 0 aliphatic carbocycles. The standard InChI is InChI=1S/C16H18ClN3O3/c1-10-13(15(21)20-5-7-23-8-6-20)14(19-16(22)18-10)11-3-2-4-12(17)9-11/h2-4,9,13-14H,5-8H2,1H3,(H,19,22). The highest BCUT2D eigenvalue weighted by Crippen LogP contribution is 2.30. The number of carbonyl (C=O) groups is 2. The van der Waals surface area contributed by atoms with E-state index in [9.17, 15) is 9.59 Å². The van der Waals surface area contributed by atoms with Gasteiger partial charge in [-0.1, -0.05) is 23.7 Å². The highest BCUT2D eigenvalue weighted by molar-refractivity contribution is 6.30. The lowest BCUT2D eigenvalue weighted by molar-refractivity contribution is -0.138. The molecule has 3 rings (SSSR count). The number of amides is 3. The van der Waals surface area contributed by atoms with E-state index in [2.05, 4.69) is 10.3 Å². The van der Waals surface area contributed by atoms with Crippen molar-refractivity contribution >= 4 is 29.3 Å². The molecule has 3 amide bonds. The van der Waals surface area contributed by atoms with Crippen LogP contribution in [0.15, 0.2) is 29.3 Å². The second-order valence-electron chi connectivity index (χ2n) is 5.65. The Hall–Kier alpha value is -1.92. The van der Waals surface area contributed by atoms with Crippen molar-refractivity contribution in [2.24, 2.45) is 10.9 Å². The van der Waals surface area contributed by atoms with Crippen molar-refractivity contribution in [3.8, 4) is 0 Å². The second kappa shape index (κ2) is 6.68. The molecule has 23 heavy (non-hydrogen) atoms. The molecule has 1 aromatic rings. The van der Waals surface area contributed by atoms with Gasteiger partial charge in [0.2, 0.25) is 5.91 Å². The van der Waals surface area contributed by atoms with Crippen molar-refractivity contribution < 1.29 is 14.3 Å². The molecule has 1 saturated heterocycles. The minimum atomic E-state index is -0.524. The largest absolute Gasteiger partial charge is 0.378 e. The van der Waals surface area contributed by atoms with Crippen molar-refractivity contribution in [3.63, 3.8) is 0 Å². The van der Waals surface area contributed by atoms with Gasteiger partial charge in [-0.3, -0.25) is 4.79 Å². The Labute approximate surface area is 139 Å². The summed E-state index contributed by atoms with van der Waals surface area (Å²) in [7, 11) is 0. The fourth-order valence-corrected chi connectivity index (χ4v) is 3.20. The van der Waals surface area contributed by atoms with Gasteiger partial charge >= 0.3 is 6.03 Å². The van der Waals surface area contributed by atoms with Gasteiger partial charge in [0.1, 0.15) is 5.92 Å². The van der Waals surface area contributed by atoms with Gasteiger partial charge < -0.3 is 15.0 Å². The number of nitrogens with zero attached hydrogens (tertiary/aromatic N) is 2. The molecule has 7 heteroatoms. The Balaban J connectivity index is 1.93. The van der Waals surface area contributed by atoms with Crippen LogP contribution in [0.25, 0.3) is 0 Å². The van der Waals surface area contributed by atoms with Crippen LogP contribution in [0.3, 0.4) is 0 Å². The molecular formula is C16H18ClN3O3. The molecule has 2 heterocycles. The minimum Gasteiger partial charge on any atom is -0.378 e. The average molecular weight is 336 g/mol. The number of carbonyl (C=O) groups excluding carboxylic acids is 2. The van der Waals surface area contributed by atoms with Crippen LogP contribution in [-0.2, 0) is 9.53 Å². The maximum absolute atomic E-state index is 12.9. The fourth-order valence-electron chi connectivity index (χ4n) is 3.00. The van der Waals surface area contributed by atoms with E-state index in [1.54, 1.807) is 30.0 Å². The lowest BCUT2D eigenvalue weighted by atomic mass is 9.87. The van der Waals surface area contributed by atoms with E-state index in [0.29, 0.717) is 37.0 Å². The van der Waals surface area contributed by atoms with Crippen LogP contribution in [0, 0.1) is 5.92 Å². The summed E-state index contributed by atoms with van der Waals surface area (Å²) in [6.45, 7) is 3.89. The number of urea groups is 1. The first-order valence-electron chi connectivity index (χ1n) is 7.54. The first kappa shape index (κ1) is 16.0. The zero-order valence-electron chi connectivity index (χ0n) is 12.8. The van der Waals surface area contributed by atoms with Crippen molar-refractivity contribution in [2.45, 2.75) is 13.0 Å². The third kappa shape index (κ3) is 3.38. The van der Waals surface area contributed by atoms with Crippen molar-refractivity contribution in [1.82, 2.24) is 10.2 Å². The monoisotopic (exact) mass is 335 g/mol. The van der Waals surface area contributed by atoms with Gasteiger partial charge in [-0.15, -0.1) is 0 Å². The van der Waals surface area contributed by atoms with Gasteiger partial charge in [0.25, 0.3) is 0 Å². The third-order valence-corrected chi connectivity index (χ3v) is 4.37. The molecule has 6 nitrogen and oxygen atoms in total. The lowest BCUT2D eigenvalue weighted by Crippen LogP contribution is -2.51. The van der Waals surface area contributed by atoms with Crippen LogP contribution < -0.4 is 5.32 Å². The maximum atomic E-state index is 12.9. The normalized spacial score (nSPS) is 24.9. The zero-order chi connectivity index (χ0) is 16.4. The molecule has 2 unspecified atom stereocenters. The molecule has 0 radical (unpaired) electrons. The molecule has 1 fully saturated rings. The predicted molar refractivity (Wildman–Crippen MR) is 86.7 cm³/mol. The summed E-state index contributed by atoms with van der Waals surface area (Å²) in [5.41, 5.74) is 1.32. The molecule has 1 aromatic carbocycles. The van der Waals surface area contributed by atoms with Gasteiger partial charge in [0, 0.05) is 23.8 Å². The summed E-state index contributed by atoms with van der Waals surface area (Å²) in [6.07, 6.45) is 0.